The Morgan fingerprint density at radius 2 is 2.16 bits per heavy atom. The molecule has 3 heterocycles. The quantitative estimate of drug-likeness (QED) is 0.415. The van der Waals surface area contributed by atoms with E-state index in [0.29, 0.717) is 5.75 Å². The van der Waals surface area contributed by atoms with E-state index in [0.717, 1.165) is 50.4 Å². The maximum absolute atomic E-state index is 12.4. The third-order valence-electron chi connectivity index (χ3n) is 5.19. The van der Waals surface area contributed by atoms with E-state index in [9.17, 15) is 14.7 Å². The van der Waals surface area contributed by atoms with Crippen LogP contribution < -0.4 is 5.73 Å². The van der Waals surface area contributed by atoms with Crippen LogP contribution in [-0.4, -0.2) is 69.9 Å². The Bertz CT molecular complexity index is 599. The minimum absolute atomic E-state index is 0.140. The molecule has 3 N–H and O–H groups in total. The summed E-state index contributed by atoms with van der Waals surface area (Å²) < 4.78 is 0. The summed E-state index contributed by atoms with van der Waals surface area (Å²) in [6.07, 6.45) is 6.36. The van der Waals surface area contributed by atoms with Gasteiger partial charge in [-0.2, -0.15) is 0 Å². The molecule has 3 aliphatic heterocycles. The number of carbonyl (C=O) groups is 2. The van der Waals surface area contributed by atoms with Crippen molar-refractivity contribution in [1.82, 2.24) is 9.80 Å². The number of aliphatic imine (C=N–C) groups is 1. The van der Waals surface area contributed by atoms with Gasteiger partial charge in [0.15, 0.2) is 6.04 Å². The summed E-state index contributed by atoms with van der Waals surface area (Å²) in [5.74, 6) is 0.143. The zero-order valence-corrected chi connectivity index (χ0v) is 15.4. The Morgan fingerprint density at radius 3 is 2.80 bits per heavy atom. The van der Waals surface area contributed by atoms with Gasteiger partial charge in [0.25, 0.3) is 5.91 Å². The monoisotopic (exact) mass is 366 g/mol. The minimum Gasteiger partial charge on any atom is -0.477 e. The molecule has 7 nitrogen and oxygen atoms in total. The number of nitrogens with two attached hydrogens (primary N) is 1. The van der Waals surface area contributed by atoms with Gasteiger partial charge in [0.1, 0.15) is 11.1 Å². The number of carbonyl (C=O) groups excluding carboxylic acids is 1. The minimum atomic E-state index is -1.03. The number of thioether (sulfide) groups is 1. The van der Waals surface area contributed by atoms with Gasteiger partial charge in [-0.1, -0.05) is 0 Å². The van der Waals surface area contributed by atoms with Gasteiger partial charge in [0.05, 0.1) is 6.34 Å². The Kier molecular flexibility index (Phi) is 5.68. The number of hydrogen-bond donors (Lipinski definition) is 2. The summed E-state index contributed by atoms with van der Waals surface area (Å²) >= 11 is 1.59. The molecule has 0 aliphatic carbocycles. The zero-order chi connectivity index (χ0) is 18.0. The van der Waals surface area contributed by atoms with E-state index in [2.05, 4.69) is 9.89 Å². The molecule has 0 bridgehead atoms. The molecule has 1 amide bonds. The van der Waals surface area contributed by atoms with Crippen LogP contribution in [0.25, 0.3) is 0 Å². The fourth-order valence-electron chi connectivity index (χ4n) is 3.69. The number of hydrogen-bond acceptors (Lipinski definition) is 5. The first kappa shape index (κ1) is 18.3. The number of carboxylic acid groups (broad SMARTS) is 1. The van der Waals surface area contributed by atoms with Gasteiger partial charge in [-0.25, -0.2) is 4.79 Å². The van der Waals surface area contributed by atoms with E-state index in [1.807, 2.05) is 0 Å². The molecule has 3 aliphatic rings. The molecule has 0 spiro atoms. The highest BCUT2D eigenvalue weighted by molar-refractivity contribution is 8.00. The molecule has 0 aromatic rings. The van der Waals surface area contributed by atoms with Gasteiger partial charge in [-0.15, -0.1) is 11.8 Å². The third kappa shape index (κ3) is 3.69. The van der Waals surface area contributed by atoms with E-state index in [1.54, 1.807) is 25.0 Å². The number of amides is 1. The summed E-state index contributed by atoms with van der Waals surface area (Å²) in [5.41, 5.74) is 6.45. The molecule has 3 rings (SSSR count). The van der Waals surface area contributed by atoms with Gasteiger partial charge in [-0.3, -0.25) is 14.7 Å². The van der Waals surface area contributed by atoms with Gasteiger partial charge in [0, 0.05) is 18.8 Å². The smallest absolute Gasteiger partial charge is 0.352 e. The summed E-state index contributed by atoms with van der Waals surface area (Å²) in [5, 5.41) is 9.16. The van der Waals surface area contributed by atoms with Crippen molar-refractivity contribution in [2.75, 3.05) is 25.4 Å². The van der Waals surface area contributed by atoms with Crippen molar-refractivity contribution in [1.29, 1.82) is 0 Å². The first-order valence-corrected chi connectivity index (χ1v) is 9.93. The third-order valence-corrected chi connectivity index (χ3v) is 6.60. The van der Waals surface area contributed by atoms with Gasteiger partial charge in [-0.05, 0) is 50.6 Å². The number of rotatable bonds is 6. The summed E-state index contributed by atoms with van der Waals surface area (Å²) in [6.45, 7) is 4.44. The number of β-lactam (4-membered cyclic amide) rings is 1. The van der Waals surface area contributed by atoms with Crippen LogP contribution in [0.1, 0.15) is 32.6 Å². The maximum atomic E-state index is 12.4. The highest BCUT2D eigenvalue weighted by Crippen LogP contribution is 2.41. The molecule has 138 valence electrons. The lowest BCUT2D eigenvalue weighted by Crippen LogP contribution is -2.64. The lowest BCUT2D eigenvalue weighted by atomic mass is 9.92. The van der Waals surface area contributed by atoms with E-state index in [-0.39, 0.29) is 17.0 Å². The summed E-state index contributed by atoms with van der Waals surface area (Å²) in [6, 6.07) is -0.456. The van der Waals surface area contributed by atoms with Gasteiger partial charge >= 0.3 is 5.97 Å². The molecule has 0 saturated carbocycles. The molecule has 2 saturated heterocycles. The van der Waals surface area contributed by atoms with Gasteiger partial charge in [0.2, 0.25) is 0 Å². The average Bonchev–Trinajstić information content (AvgIpc) is 2.61. The summed E-state index contributed by atoms with van der Waals surface area (Å²) in [4.78, 5) is 31.8. The number of carboxylic acids is 1. The van der Waals surface area contributed by atoms with Crippen LogP contribution >= 0.6 is 11.8 Å². The second-order valence-electron chi connectivity index (χ2n) is 6.96. The molecule has 0 aromatic heterocycles. The molecular formula is C17H26N4O3S. The molecule has 2 atom stereocenters. The number of aliphatic carboxylic acids is 1. The lowest BCUT2D eigenvalue weighted by molar-refractivity contribution is -0.147. The normalized spacial score (nSPS) is 27.7. The molecule has 8 heteroatoms. The molecule has 25 heavy (non-hydrogen) atoms. The molecule has 1 unspecified atom stereocenters. The largest absolute Gasteiger partial charge is 0.477 e. The first-order valence-electron chi connectivity index (χ1n) is 8.88. The Balaban J connectivity index is 1.55. The van der Waals surface area contributed by atoms with Crippen LogP contribution in [0.2, 0.25) is 0 Å². The van der Waals surface area contributed by atoms with Crippen LogP contribution in [0, 0.1) is 5.92 Å². The molecular weight excluding hydrogens is 340 g/mol. The highest BCUT2D eigenvalue weighted by atomic mass is 32.2. The Morgan fingerprint density at radius 1 is 1.44 bits per heavy atom. The fraction of sp³-hybridized carbons (Fsp3) is 0.706. The number of piperidine rings is 1. The SMILES string of the molecule is CC1=C(C(=O)O)N2C(=O)C(N=CN3CCC(CCCN)CC3)[C@H]2SC1. The van der Waals surface area contributed by atoms with E-state index in [4.69, 9.17) is 5.73 Å². The molecule has 2 fully saturated rings. The van der Waals surface area contributed by atoms with Crippen molar-refractivity contribution < 1.29 is 14.7 Å². The van der Waals surface area contributed by atoms with Crippen molar-refractivity contribution in [3.05, 3.63) is 11.3 Å². The number of fused-ring (bicyclic) bond motifs is 1. The fourth-order valence-corrected chi connectivity index (χ4v) is 4.97. The second kappa shape index (κ2) is 7.78. The highest BCUT2D eigenvalue weighted by Gasteiger charge is 2.53. The van der Waals surface area contributed by atoms with E-state index in [1.165, 1.54) is 11.3 Å². The predicted octanol–water partition coefficient (Wildman–Crippen LogP) is 1.11. The predicted molar refractivity (Wildman–Crippen MR) is 98.3 cm³/mol. The van der Waals surface area contributed by atoms with Crippen LogP contribution in [0.4, 0.5) is 0 Å². The molecule has 0 radical (unpaired) electrons. The lowest BCUT2D eigenvalue weighted by Gasteiger charge is -2.47. The van der Waals surface area contributed by atoms with E-state index < -0.39 is 12.0 Å². The molecule has 0 aromatic carbocycles. The number of likely N-dealkylation sites (tertiary alicyclic amines) is 1. The van der Waals surface area contributed by atoms with Crippen molar-refractivity contribution in [3.63, 3.8) is 0 Å². The van der Waals surface area contributed by atoms with Gasteiger partial charge < -0.3 is 15.7 Å². The Labute approximate surface area is 152 Å². The Hall–Kier alpha value is -1.54. The van der Waals surface area contributed by atoms with Crippen LogP contribution in [0.3, 0.4) is 0 Å². The van der Waals surface area contributed by atoms with Crippen molar-refractivity contribution in [2.24, 2.45) is 16.6 Å². The van der Waals surface area contributed by atoms with Crippen molar-refractivity contribution in [3.8, 4) is 0 Å². The zero-order valence-electron chi connectivity index (χ0n) is 14.6. The summed E-state index contributed by atoms with van der Waals surface area (Å²) in [7, 11) is 0. The topological polar surface area (TPSA) is 99.2 Å². The standard InChI is InChI=1S/C17H26N4O3S/c1-11-9-25-16-13(15(22)21(16)14(11)17(23)24)19-10-20-7-4-12(5-8-20)3-2-6-18/h10,12-13,16H,2-9,18H2,1H3,(H,23,24)/t13?,16-/m1/s1. The first-order chi connectivity index (χ1) is 12.0. The van der Waals surface area contributed by atoms with E-state index >= 15 is 0 Å². The second-order valence-corrected chi connectivity index (χ2v) is 8.07. The van der Waals surface area contributed by atoms with Crippen molar-refractivity contribution >= 4 is 30.0 Å². The van der Waals surface area contributed by atoms with Crippen molar-refractivity contribution in [2.45, 2.75) is 44.0 Å². The van der Waals surface area contributed by atoms with Crippen LogP contribution in [-0.2, 0) is 9.59 Å². The average molecular weight is 366 g/mol. The van der Waals surface area contributed by atoms with Crippen LogP contribution in [0.15, 0.2) is 16.3 Å². The number of nitrogens with zero attached hydrogens (tertiary/aromatic N) is 3. The maximum Gasteiger partial charge on any atom is 0.352 e. The van der Waals surface area contributed by atoms with Crippen LogP contribution in [0.5, 0.6) is 0 Å².